The molecule has 1 saturated heterocycles. The average Bonchev–Trinajstić information content (AvgIpc) is 2.73. The minimum Gasteiger partial charge on any atom is -0.394 e. The van der Waals surface area contributed by atoms with Gasteiger partial charge in [-0.25, -0.2) is 13.2 Å². The van der Waals surface area contributed by atoms with E-state index in [-0.39, 0.29) is 5.56 Å². The van der Waals surface area contributed by atoms with E-state index in [1.165, 1.54) is 18.2 Å². The fraction of sp³-hybridized carbons (Fsp3) is 0.286. The Morgan fingerprint density at radius 2 is 1.83 bits per heavy atom. The third-order valence-electron chi connectivity index (χ3n) is 4.62. The Labute approximate surface area is 166 Å². The molecule has 8 heteroatoms. The van der Waals surface area contributed by atoms with Gasteiger partial charge < -0.3 is 20.1 Å². The van der Waals surface area contributed by atoms with Crippen LogP contribution in [0.3, 0.4) is 0 Å². The summed E-state index contributed by atoms with van der Waals surface area (Å²) >= 11 is 0. The Kier molecular flexibility index (Phi) is 6.90. The zero-order chi connectivity index (χ0) is 20.8. The number of aliphatic hydroxyl groups is 1. The molecule has 0 saturated carbocycles. The lowest BCUT2D eigenvalue weighted by atomic mass is 10.1. The number of halogens is 3. The van der Waals surface area contributed by atoms with Gasteiger partial charge in [0.2, 0.25) is 5.91 Å². The Morgan fingerprint density at radius 1 is 1.14 bits per heavy atom. The molecule has 0 aromatic heterocycles. The van der Waals surface area contributed by atoms with E-state index in [9.17, 15) is 23.1 Å². The molecule has 2 aromatic rings. The number of morpholine rings is 1. The minimum absolute atomic E-state index is 0.334. The summed E-state index contributed by atoms with van der Waals surface area (Å²) in [6.45, 7) is 1.62. The third-order valence-corrected chi connectivity index (χ3v) is 4.62. The second-order valence-electron chi connectivity index (χ2n) is 6.52. The van der Waals surface area contributed by atoms with Crippen molar-refractivity contribution in [3.05, 3.63) is 71.1 Å². The lowest BCUT2D eigenvalue weighted by molar-refractivity contribution is -0.117. The van der Waals surface area contributed by atoms with E-state index in [4.69, 9.17) is 4.74 Å². The number of nitrogens with zero attached hydrogens (tertiary/aromatic N) is 1. The van der Waals surface area contributed by atoms with E-state index in [0.29, 0.717) is 37.6 Å². The summed E-state index contributed by atoms with van der Waals surface area (Å²) < 4.78 is 46.8. The smallest absolute Gasteiger partial charge is 0.244 e. The van der Waals surface area contributed by atoms with Crippen LogP contribution in [0.1, 0.15) is 17.2 Å². The number of carbonyl (C=O) groups excluding carboxylic acids is 1. The quantitative estimate of drug-likeness (QED) is 0.725. The first-order valence-corrected chi connectivity index (χ1v) is 9.15. The van der Waals surface area contributed by atoms with Gasteiger partial charge >= 0.3 is 0 Å². The second kappa shape index (κ2) is 9.58. The monoisotopic (exact) mass is 406 g/mol. The van der Waals surface area contributed by atoms with Gasteiger partial charge in [0, 0.05) is 24.7 Å². The van der Waals surface area contributed by atoms with Crippen LogP contribution in [-0.2, 0) is 9.53 Å². The van der Waals surface area contributed by atoms with Gasteiger partial charge in [0.05, 0.1) is 31.5 Å². The van der Waals surface area contributed by atoms with Gasteiger partial charge in [-0.2, -0.15) is 0 Å². The topological polar surface area (TPSA) is 61.8 Å². The van der Waals surface area contributed by atoms with Gasteiger partial charge in [0.15, 0.2) is 0 Å². The van der Waals surface area contributed by atoms with Crippen LogP contribution in [0.15, 0.2) is 42.5 Å². The van der Waals surface area contributed by atoms with Crippen molar-refractivity contribution in [3.63, 3.8) is 0 Å². The van der Waals surface area contributed by atoms with E-state index >= 15 is 0 Å². The maximum atomic E-state index is 14.3. The molecule has 3 rings (SSSR count). The Bertz CT molecular complexity index is 878. The molecule has 1 atom stereocenters. The van der Waals surface area contributed by atoms with E-state index in [0.717, 1.165) is 24.3 Å². The summed E-state index contributed by atoms with van der Waals surface area (Å²) in [5.74, 6) is -2.64. The van der Waals surface area contributed by atoms with E-state index < -0.39 is 36.0 Å². The van der Waals surface area contributed by atoms with Crippen molar-refractivity contribution in [3.8, 4) is 0 Å². The third kappa shape index (κ3) is 5.16. The van der Waals surface area contributed by atoms with Crippen LogP contribution >= 0.6 is 0 Å². The Morgan fingerprint density at radius 3 is 2.48 bits per heavy atom. The number of hydrogen-bond acceptors (Lipinski definition) is 4. The predicted molar refractivity (Wildman–Crippen MR) is 103 cm³/mol. The molecule has 0 radical (unpaired) electrons. The van der Waals surface area contributed by atoms with Crippen molar-refractivity contribution in [2.75, 3.05) is 37.8 Å². The van der Waals surface area contributed by atoms with Crippen LogP contribution in [0.4, 0.5) is 18.9 Å². The van der Waals surface area contributed by atoms with Crippen molar-refractivity contribution >= 4 is 17.7 Å². The van der Waals surface area contributed by atoms with Crippen LogP contribution in [0.25, 0.3) is 6.08 Å². The van der Waals surface area contributed by atoms with Crippen molar-refractivity contribution in [2.45, 2.75) is 6.04 Å². The Hall–Kier alpha value is -2.84. The average molecular weight is 406 g/mol. The highest BCUT2D eigenvalue weighted by Crippen LogP contribution is 2.25. The summed E-state index contributed by atoms with van der Waals surface area (Å²) in [7, 11) is 0. The number of rotatable bonds is 6. The summed E-state index contributed by atoms with van der Waals surface area (Å²) in [6, 6.07) is 6.91. The normalized spacial score (nSPS) is 15.5. The second-order valence-corrected chi connectivity index (χ2v) is 6.52. The minimum atomic E-state index is -0.807. The highest BCUT2D eigenvalue weighted by molar-refractivity contribution is 5.92. The van der Waals surface area contributed by atoms with Gasteiger partial charge in [0.25, 0.3) is 0 Å². The van der Waals surface area contributed by atoms with Gasteiger partial charge in [-0.3, -0.25) is 4.79 Å². The maximum absolute atomic E-state index is 14.3. The molecule has 0 bridgehead atoms. The van der Waals surface area contributed by atoms with Crippen LogP contribution in [0.5, 0.6) is 0 Å². The molecule has 1 aliphatic rings. The number of benzene rings is 2. The number of carbonyl (C=O) groups is 1. The number of amides is 1. The largest absolute Gasteiger partial charge is 0.394 e. The zero-order valence-corrected chi connectivity index (χ0v) is 15.6. The van der Waals surface area contributed by atoms with E-state index in [2.05, 4.69) is 5.32 Å². The molecule has 1 fully saturated rings. The molecule has 29 heavy (non-hydrogen) atoms. The summed E-state index contributed by atoms with van der Waals surface area (Å²) in [5.41, 5.74) is 0.538. The van der Waals surface area contributed by atoms with Crippen LogP contribution in [-0.4, -0.2) is 43.9 Å². The Balaban J connectivity index is 1.74. The molecule has 1 aliphatic heterocycles. The number of hydrogen-bond donors (Lipinski definition) is 2. The molecule has 5 nitrogen and oxygen atoms in total. The van der Waals surface area contributed by atoms with Gasteiger partial charge in [-0.1, -0.05) is 12.1 Å². The molecule has 0 aliphatic carbocycles. The SMILES string of the molecule is O=C(/C=C/c1c(F)cccc1F)N[C@@H](CO)c1ccc(F)c(N2CCOCC2)c1. The van der Waals surface area contributed by atoms with Crippen molar-refractivity contribution in [1.29, 1.82) is 0 Å². The van der Waals surface area contributed by atoms with Gasteiger partial charge in [-0.05, 0) is 35.9 Å². The van der Waals surface area contributed by atoms with Crippen molar-refractivity contribution in [2.24, 2.45) is 0 Å². The van der Waals surface area contributed by atoms with Crippen LogP contribution in [0.2, 0.25) is 0 Å². The number of nitrogens with one attached hydrogen (secondary N) is 1. The highest BCUT2D eigenvalue weighted by Gasteiger charge is 2.19. The van der Waals surface area contributed by atoms with Gasteiger partial charge in [-0.15, -0.1) is 0 Å². The first-order valence-electron chi connectivity index (χ1n) is 9.15. The number of anilines is 1. The van der Waals surface area contributed by atoms with E-state index in [1.54, 1.807) is 6.07 Å². The van der Waals surface area contributed by atoms with Crippen LogP contribution < -0.4 is 10.2 Å². The first-order chi connectivity index (χ1) is 14.0. The predicted octanol–water partition coefficient (Wildman–Crippen LogP) is 2.80. The number of ether oxygens (including phenoxy) is 1. The van der Waals surface area contributed by atoms with Gasteiger partial charge in [0.1, 0.15) is 17.5 Å². The summed E-state index contributed by atoms with van der Waals surface area (Å²) in [6.07, 6.45) is 2.01. The molecule has 2 N–H and O–H groups in total. The molecule has 0 unspecified atom stereocenters. The maximum Gasteiger partial charge on any atom is 0.244 e. The molecule has 2 aromatic carbocycles. The summed E-state index contributed by atoms with van der Waals surface area (Å²) in [4.78, 5) is 14.0. The highest BCUT2D eigenvalue weighted by atomic mass is 19.1. The molecular formula is C21H21F3N2O3. The fourth-order valence-electron chi connectivity index (χ4n) is 3.08. The van der Waals surface area contributed by atoms with E-state index in [1.807, 2.05) is 4.90 Å². The number of aliphatic hydroxyl groups excluding tert-OH is 1. The zero-order valence-electron chi connectivity index (χ0n) is 15.6. The summed E-state index contributed by atoms with van der Waals surface area (Å²) in [5, 5.41) is 12.2. The molecule has 0 spiro atoms. The molecule has 1 heterocycles. The standard InChI is InChI=1S/C21H21F3N2O3/c22-16-2-1-3-17(23)15(16)5-7-21(28)25-19(13-27)14-4-6-18(24)20(12-14)26-8-10-29-11-9-26/h1-7,12,19,27H,8-11,13H2,(H,25,28)/b7-5+/t19-/m0/s1. The first kappa shape index (κ1) is 20.9. The van der Waals surface area contributed by atoms with Crippen molar-refractivity contribution < 1.29 is 27.8 Å². The van der Waals surface area contributed by atoms with Crippen molar-refractivity contribution in [1.82, 2.24) is 5.32 Å². The fourth-order valence-corrected chi connectivity index (χ4v) is 3.08. The van der Waals surface area contributed by atoms with Crippen LogP contribution in [0, 0.1) is 17.5 Å². The molecule has 1 amide bonds. The molecule has 154 valence electrons. The lowest BCUT2D eigenvalue weighted by Crippen LogP contribution is -2.37. The molecular weight excluding hydrogens is 385 g/mol. The lowest BCUT2D eigenvalue weighted by Gasteiger charge is -2.30.